The fraction of sp³-hybridized carbons (Fsp3) is 0.583. The predicted octanol–water partition coefficient (Wildman–Crippen LogP) is 3.07. The zero-order valence-electron chi connectivity index (χ0n) is 9.45. The first-order valence-electron chi connectivity index (χ1n) is 5.77. The number of anilines is 1. The largest absolute Gasteiger partial charge is 0.378 e. The van der Waals surface area contributed by atoms with Gasteiger partial charge in [0.05, 0.1) is 6.10 Å². The molecule has 2 rings (SSSR count). The minimum absolute atomic E-state index is 0.416. The fourth-order valence-electron chi connectivity index (χ4n) is 2.12. The molecule has 1 aliphatic rings. The molecule has 1 N–H and O–H groups in total. The van der Waals surface area contributed by atoms with Gasteiger partial charge in [-0.25, -0.2) is 4.98 Å². The molecule has 0 radical (unpaired) electrons. The molecule has 1 fully saturated rings. The molecule has 16 heavy (non-hydrogen) atoms. The second-order valence-electron chi connectivity index (χ2n) is 4.09. The van der Waals surface area contributed by atoms with E-state index in [1.54, 1.807) is 0 Å². The summed E-state index contributed by atoms with van der Waals surface area (Å²) in [5.74, 6) is 1.54. The average Bonchev–Trinajstić information content (AvgIpc) is 2.74. The summed E-state index contributed by atoms with van der Waals surface area (Å²) in [5, 5.41) is 3.37. The lowest BCUT2D eigenvalue weighted by Crippen LogP contribution is -2.23. The van der Waals surface area contributed by atoms with E-state index in [1.165, 1.54) is 0 Å². The lowest BCUT2D eigenvalue weighted by Gasteiger charge is -2.17. The molecule has 1 aromatic rings. The predicted molar refractivity (Wildman–Crippen MR) is 68.6 cm³/mol. The SMILES string of the molecule is CCC1OCCC1CNc1cccc(Br)n1. The van der Waals surface area contributed by atoms with Crippen LogP contribution in [0.15, 0.2) is 22.8 Å². The Morgan fingerprint density at radius 3 is 3.19 bits per heavy atom. The van der Waals surface area contributed by atoms with Crippen molar-refractivity contribution in [2.75, 3.05) is 18.5 Å². The van der Waals surface area contributed by atoms with Crippen molar-refractivity contribution >= 4 is 21.7 Å². The molecule has 2 atom stereocenters. The molecule has 0 bridgehead atoms. The van der Waals surface area contributed by atoms with Gasteiger partial charge in [0.25, 0.3) is 0 Å². The summed E-state index contributed by atoms with van der Waals surface area (Å²) in [6.07, 6.45) is 2.66. The molecular weight excluding hydrogens is 268 g/mol. The Balaban J connectivity index is 1.87. The van der Waals surface area contributed by atoms with Crippen LogP contribution in [0.1, 0.15) is 19.8 Å². The molecule has 88 valence electrons. The summed E-state index contributed by atoms with van der Waals surface area (Å²) >= 11 is 3.37. The molecule has 0 amide bonds. The first-order chi connectivity index (χ1) is 7.79. The van der Waals surface area contributed by atoms with Crippen LogP contribution in [0.25, 0.3) is 0 Å². The average molecular weight is 285 g/mol. The van der Waals surface area contributed by atoms with E-state index in [9.17, 15) is 0 Å². The van der Waals surface area contributed by atoms with Crippen molar-refractivity contribution in [2.45, 2.75) is 25.9 Å². The van der Waals surface area contributed by atoms with Gasteiger partial charge in [-0.3, -0.25) is 0 Å². The number of rotatable bonds is 4. The summed E-state index contributed by atoms with van der Waals surface area (Å²) in [6, 6.07) is 5.90. The standard InChI is InChI=1S/C12H17BrN2O/c1-2-10-9(6-7-16-10)8-14-12-5-3-4-11(13)15-12/h3-5,9-10H,2,6-8H2,1H3,(H,14,15). The zero-order valence-corrected chi connectivity index (χ0v) is 11.0. The Labute approximate surface area is 105 Å². The van der Waals surface area contributed by atoms with Crippen LogP contribution >= 0.6 is 15.9 Å². The number of pyridine rings is 1. The molecule has 1 aromatic heterocycles. The highest BCUT2D eigenvalue weighted by Crippen LogP contribution is 2.23. The number of aromatic nitrogens is 1. The minimum atomic E-state index is 0.416. The number of hydrogen-bond acceptors (Lipinski definition) is 3. The number of ether oxygens (including phenoxy) is 1. The van der Waals surface area contributed by atoms with E-state index in [0.717, 1.165) is 36.4 Å². The van der Waals surface area contributed by atoms with Crippen LogP contribution < -0.4 is 5.32 Å². The number of nitrogens with zero attached hydrogens (tertiary/aromatic N) is 1. The fourth-order valence-corrected chi connectivity index (χ4v) is 2.46. The third-order valence-corrected chi connectivity index (χ3v) is 3.45. The molecule has 4 heteroatoms. The Bertz CT molecular complexity index is 346. The molecule has 1 aliphatic heterocycles. The normalized spacial score (nSPS) is 24.6. The van der Waals surface area contributed by atoms with Gasteiger partial charge in [-0.2, -0.15) is 0 Å². The molecule has 0 aliphatic carbocycles. The van der Waals surface area contributed by atoms with E-state index in [2.05, 4.69) is 33.2 Å². The van der Waals surface area contributed by atoms with Crippen molar-refractivity contribution < 1.29 is 4.74 Å². The molecule has 1 saturated heterocycles. The smallest absolute Gasteiger partial charge is 0.127 e. The summed E-state index contributed by atoms with van der Waals surface area (Å²) in [7, 11) is 0. The molecule has 0 spiro atoms. The first-order valence-corrected chi connectivity index (χ1v) is 6.57. The summed E-state index contributed by atoms with van der Waals surface area (Å²) in [6.45, 7) is 4.03. The topological polar surface area (TPSA) is 34.1 Å². The quantitative estimate of drug-likeness (QED) is 0.863. The van der Waals surface area contributed by atoms with Crippen molar-refractivity contribution in [1.29, 1.82) is 0 Å². The Morgan fingerprint density at radius 2 is 2.44 bits per heavy atom. The number of halogens is 1. The van der Waals surface area contributed by atoms with Crippen LogP contribution in [0.4, 0.5) is 5.82 Å². The maximum atomic E-state index is 5.66. The van der Waals surface area contributed by atoms with Crippen LogP contribution in [-0.2, 0) is 4.74 Å². The van der Waals surface area contributed by atoms with Crippen molar-refractivity contribution in [3.05, 3.63) is 22.8 Å². The lowest BCUT2D eigenvalue weighted by molar-refractivity contribution is 0.0900. The van der Waals surface area contributed by atoms with Gasteiger partial charge in [0.15, 0.2) is 0 Å². The van der Waals surface area contributed by atoms with Crippen LogP contribution in [0.3, 0.4) is 0 Å². The molecule has 0 saturated carbocycles. The van der Waals surface area contributed by atoms with E-state index in [1.807, 2.05) is 18.2 Å². The van der Waals surface area contributed by atoms with Gasteiger partial charge in [0.2, 0.25) is 0 Å². The van der Waals surface area contributed by atoms with Gasteiger partial charge in [-0.15, -0.1) is 0 Å². The first kappa shape index (κ1) is 11.9. The maximum Gasteiger partial charge on any atom is 0.127 e. The van der Waals surface area contributed by atoms with E-state index >= 15 is 0 Å². The molecule has 0 aromatic carbocycles. The second kappa shape index (κ2) is 5.64. The maximum absolute atomic E-state index is 5.66. The third-order valence-electron chi connectivity index (χ3n) is 3.01. The van der Waals surface area contributed by atoms with Crippen molar-refractivity contribution in [1.82, 2.24) is 4.98 Å². The Hall–Kier alpha value is -0.610. The molecule has 3 nitrogen and oxygen atoms in total. The lowest BCUT2D eigenvalue weighted by atomic mass is 10.00. The zero-order chi connectivity index (χ0) is 11.4. The van der Waals surface area contributed by atoms with Crippen molar-refractivity contribution in [2.24, 2.45) is 5.92 Å². The van der Waals surface area contributed by atoms with Crippen molar-refractivity contribution in [3.63, 3.8) is 0 Å². The monoisotopic (exact) mass is 284 g/mol. The van der Waals surface area contributed by atoms with E-state index in [4.69, 9.17) is 4.74 Å². The van der Waals surface area contributed by atoms with Gasteiger partial charge < -0.3 is 10.1 Å². The van der Waals surface area contributed by atoms with Gasteiger partial charge in [-0.1, -0.05) is 13.0 Å². The van der Waals surface area contributed by atoms with E-state index in [0.29, 0.717) is 12.0 Å². The molecule has 2 heterocycles. The third kappa shape index (κ3) is 2.95. The van der Waals surface area contributed by atoms with Crippen LogP contribution in [0.2, 0.25) is 0 Å². The number of hydrogen-bond donors (Lipinski definition) is 1. The van der Waals surface area contributed by atoms with Gasteiger partial charge in [0.1, 0.15) is 10.4 Å². The van der Waals surface area contributed by atoms with Crippen LogP contribution in [0.5, 0.6) is 0 Å². The highest BCUT2D eigenvalue weighted by atomic mass is 79.9. The van der Waals surface area contributed by atoms with Gasteiger partial charge >= 0.3 is 0 Å². The summed E-state index contributed by atoms with van der Waals surface area (Å²) in [5.41, 5.74) is 0. The van der Waals surface area contributed by atoms with Gasteiger partial charge in [-0.05, 0) is 40.9 Å². The minimum Gasteiger partial charge on any atom is -0.378 e. The second-order valence-corrected chi connectivity index (χ2v) is 4.91. The van der Waals surface area contributed by atoms with Crippen molar-refractivity contribution in [3.8, 4) is 0 Å². The Kier molecular flexibility index (Phi) is 4.18. The molecular formula is C12H17BrN2O. The molecule has 2 unspecified atom stereocenters. The Morgan fingerprint density at radius 1 is 1.56 bits per heavy atom. The van der Waals surface area contributed by atoms with E-state index < -0.39 is 0 Å². The van der Waals surface area contributed by atoms with Gasteiger partial charge in [0, 0.05) is 19.1 Å². The number of nitrogens with one attached hydrogen (secondary N) is 1. The summed E-state index contributed by atoms with van der Waals surface area (Å²) < 4.78 is 6.52. The van der Waals surface area contributed by atoms with E-state index in [-0.39, 0.29) is 0 Å². The summed E-state index contributed by atoms with van der Waals surface area (Å²) in [4.78, 5) is 4.35. The van der Waals surface area contributed by atoms with Crippen LogP contribution in [-0.4, -0.2) is 24.2 Å². The van der Waals surface area contributed by atoms with Crippen LogP contribution in [0, 0.1) is 5.92 Å². The highest BCUT2D eigenvalue weighted by molar-refractivity contribution is 9.10. The highest BCUT2D eigenvalue weighted by Gasteiger charge is 2.26.